The third-order valence-corrected chi connectivity index (χ3v) is 6.75. The van der Waals surface area contributed by atoms with Gasteiger partial charge >= 0.3 is 0 Å². The Hall–Kier alpha value is -3.81. The van der Waals surface area contributed by atoms with E-state index in [0.29, 0.717) is 28.4 Å². The lowest BCUT2D eigenvalue weighted by Gasteiger charge is -2.23. The molecule has 2 heterocycles. The minimum absolute atomic E-state index is 0.226. The Labute approximate surface area is 212 Å². The highest BCUT2D eigenvalue weighted by molar-refractivity contribution is 7.98. The quantitative estimate of drug-likeness (QED) is 0.308. The highest BCUT2D eigenvalue weighted by atomic mass is 35.5. The molecule has 0 atom stereocenters. The van der Waals surface area contributed by atoms with E-state index in [1.807, 2.05) is 54.8 Å². The Morgan fingerprint density at radius 1 is 0.971 bits per heavy atom. The number of hydrogen-bond donors (Lipinski definition) is 2. The van der Waals surface area contributed by atoms with E-state index < -0.39 is 0 Å². The van der Waals surface area contributed by atoms with E-state index in [0.717, 1.165) is 22.6 Å². The van der Waals surface area contributed by atoms with Crippen molar-refractivity contribution in [2.24, 2.45) is 0 Å². The van der Waals surface area contributed by atoms with Crippen LogP contribution in [-0.2, 0) is 6.54 Å². The standard InChI is InChI=1S/C27H21ClN4O2S/c1-35-26-20(8-6-14-29-26)25(33)30-18-12-13-19(21(28)15-18)27(34)32-16-17-7-2-3-9-22(17)31-23-10-4-5-11-24(23)32/h2-15,31H,16H2,1H3,(H,30,33). The van der Waals surface area contributed by atoms with Crippen LogP contribution in [-0.4, -0.2) is 23.1 Å². The van der Waals surface area contributed by atoms with Crippen LogP contribution in [0.5, 0.6) is 0 Å². The SMILES string of the molecule is CSc1ncccc1C(=O)Nc1ccc(C(=O)N2Cc3ccccc3Nc3ccccc32)c(Cl)c1. The predicted octanol–water partition coefficient (Wildman–Crippen LogP) is 6.61. The molecule has 0 saturated heterocycles. The smallest absolute Gasteiger partial charge is 0.260 e. The number of para-hydroxylation sites is 3. The average molecular weight is 501 g/mol. The monoisotopic (exact) mass is 500 g/mol. The number of thioether (sulfide) groups is 1. The summed E-state index contributed by atoms with van der Waals surface area (Å²) in [5, 5.41) is 7.17. The summed E-state index contributed by atoms with van der Waals surface area (Å²) in [5.74, 6) is -0.516. The average Bonchev–Trinajstić information content (AvgIpc) is 3.05. The molecule has 0 aliphatic carbocycles. The van der Waals surface area contributed by atoms with E-state index in [1.165, 1.54) is 11.8 Å². The van der Waals surface area contributed by atoms with Crippen LogP contribution in [0.2, 0.25) is 5.02 Å². The zero-order chi connectivity index (χ0) is 24.4. The number of aromatic nitrogens is 1. The molecule has 5 rings (SSSR count). The third-order valence-electron chi connectivity index (χ3n) is 5.72. The third kappa shape index (κ3) is 4.60. The first-order chi connectivity index (χ1) is 17.0. The van der Waals surface area contributed by atoms with Gasteiger partial charge in [-0.25, -0.2) is 4.98 Å². The zero-order valence-corrected chi connectivity index (χ0v) is 20.4. The van der Waals surface area contributed by atoms with Crippen molar-refractivity contribution in [3.63, 3.8) is 0 Å². The number of benzene rings is 3. The first-order valence-electron chi connectivity index (χ1n) is 10.9. The van der Waals surface area contributed by atoms with Crippen LogP contribution in [0.15, 0.2) is 90.1 Å². The van der Waals surface area contributed by atoms with Crippen molar-refractivity contribution in [3.05, 3.63) is 107 Å². The number of rotatable bonds is 4. The molecule has 2 amide bonds. The highest BCUT2D eigenvalue weighted by Crippen LogP contribution is 2.37. The van der Waals surface area contributed by atoms with E-state index in [1.54, 1.807) is 41.4 Å². The van der Waals surface area contributed by atoms with Crippen molar-refractivity contribution in [1.29, 1.82) is 0 Å². The number of fused-ring (bicyclic) bond motifs is 2. The van der Waals surface area contributed by atoms with Crippen molar-refractivity contribution < 1.29 is 9.59 Å². The molecular weight excluding hydrogens is 480 g/mol. The van der Waals surface area contributed by atoms with E-state index in [2.05, 4.69) is 15.6 Å². The summed E-state index contributed by atoms with van der Waals surface area (Å²) in [6.45, 7) is 0.395. The maximum absolute atomic E-state index is 13.7. The number of nitrogens with one attached hydrogen (secondary N) is 2. The van der Waals surface area contributed by atoms with Crippen LogP contribution in [0.1, 0.15) is 26.3 Å². The van der Waals surface area contributed by atoms with Gasteiger partial charge < -0.3 is 15.5 Å². The topological polar surface area (TPSA) is 74.3 Å². The lowest BCUT2D eigenvalue weighted by atomic mass is 10.1. The van der Waals surface area contributed by atoms with Crippen LogP contribution >= 0.6 is 23.4 Å². The van der Waals surface area contributed by atoms with Gasteiger partial charge in [0, 0.05) is 17.6 Å². The molecule has 0 saturated carbocycles. The summed E-state index contributed by atoms with van der Waals surface area (Å²) in [6, 6.07) is 23.9. The fourth-order valence-corrected chi connectivity index (χ4v) is 4.82. The molecular formula is C27H21ClN4O2S. The van der Waals surface area contributed by atoms with E-state index >= 15 is 0 Å². The number of pyridine rings is 1. The molecule has 0 radical (unpaired) electrons. The van der Waals surface area contributed by atoms with Gasteiger partial charge in [0.05, 0.1) is 34.1 Å². The number of nitrogens with zero attached hydrogens (tertiary/aromatic N) is 2. The molecule has 35 heavy (non-hydrogen) atoms. The summed E-state index contributed by atoms with van der Waals surface area (Å²) in [5.41, 5.74) is 4.89. The molecule has 0 fully saturated rings. The Morgan fingerprint density at radius 3 is 2.54 bits per heavy atom. The molecule has 2 N–H and O–H groups in total. The Morgan fingerprint density at radius 2 is 1.74 bits per heavy atom. The summed E-state index contributed by atoms with van der Waals surface area (Å²) in [4.78, 5) is 32.4. The van der Waals surface area contributed by atoms with Gasteiger partial charge in [-0.15, -0.1) is 11.8 Å². The van der Waals surface area contributed by atoms with Gasteiger partial charge in [-0.2, -0.15) is 0 Å². The second-order valence-corrected chi connectivity index (χ2v) is 9.10. The van der Waals surface area contributed by atoms with Crippen molar-refractivity contribution in [1.82, 2.24) is 4.98 Å². The fourth-order valence-electron chi connectivity index (χ4n) is 4.01. The van der Waals surface area contributed by atoms with Gasteiger partial charge in [0.15, 0.2) is 0 Å². The number of halogens is 1. The predicted molar refractivity (Wildman–Crippen MR) is 142 cm³/mol. The summed E-state index contributed by atoms with van der Waals surface area (Å²) in [7, 11) is 0. The number of carbonyl (C=O) groups is 2. The van der Waals surface area contributed by atoms with Gasteiger partial charge in [-0.3, -0.25) is 9.59 Å². The zero-order valence-electron chi connectivity index (χ0n) is 18.8. The largest absolute Gasteiger partial charge is 0.354 e. The number of amides is 2. The lowest BCUT2D eigenvalue weighted by molar-refractivity contribution is 0.0984. The van der Waals surface area contributed by atoms with Crippen LogP contribution in [0, 0.1) is 0 Å². The van der Waals surface area contributed by atoms with E-state index in [4.69, 9.17) is 11.6 Å². The van der Waals surface area contributed by atoms with E-state index in [9.17, 15) is 9.59 Å². The summed E-state index contributed by atoms with van der Waals surface area (Å²) >= 11 is 7.97. The van der Waals surface area contributed by atoms with Crippen LogP contribution in [0.25, 0.3) is 0 Å². The Balaban J connectivity index is 1.44. The van der Waals surface area contributed by atoms with Gasteiger partial charge in [0.2, 0.25) is 0 Å². The molecule has 1 aromatic heterocycles. The Kier molecular flexibility index (Phi) is 6.44. The molecule has 8 heteroatoms. The molecule has 1 aliphatic rings. The number of carbonyl (C=O) groups excluding carboxylic acids is 2. The highest BCUT2D eigenvalue weighted by Gasteiger charge is 2.26. The number of hydrogen-bond acceptors (Lipinski definition) is 5. The molecule has 0 bridgehead atoms. The van der Waals surface area contributed by atoms with Crippen LogP contribution in [0.3, 0.4) is 0 Å². The second kappa shape index (κ2) is 9.82. The van der Waals surface area contributed by atoms with Crippen molar-refractivity contribution >= 4 is 57.9 Å². The Bertz CT molecular complexity index is 1440. The summed E-state index contributed by atoms with van der Waals surface area (Å²) in [6.07, 6.45) is 3.51. The maximum Gasteiger partial charge on any atom is 0.260 e. The molecule has 3 aromatic carbocycles. The molecule has 174 valence electrons. The first-order valence-corrected chi connectivity index (χ1v) is 12.5. The van der Waals surface area contributed by atoms with Gasteiger partial charge in [-0.1, -0.05) is 41.9 Å². The van der Waals surface area contributed by atoms with Crippen LogP contribution < -0.4 is 15.5 Å². The van der Waals surface area contributed by atoms with Gasteiger partial charge in [0.25, 0.3) is 11.8 Å². The normalized spacial score (nSPS) is 12.1. The van der Waals surface area contributed by atoms with E-state index in [-0.39, 0.29) is 16.8 Å². The number of anilines is 4. The van der Waals surface area contributed by atoms with Gasteiger partial charge in [-0.05, 0) is 60.4 Å². The molecule has 0 unspecified atom stereocenters. The summed E-state index contributed by atoms with van der Waals surface area (Å²) < 4.78 is 0. The first kappa shape index (κ1) is 23.0. The lowest BCUT2D eigenvalue weighted by Crippen LogP contribution is -2.30. The minimum Gasteiger partial charge on any atom is -0.354 e. The van der Waals surface area contributed by atoms with Crippen molar-refractivity contribution in [2.45, 2.75) is 11.6 Å². The molecule has 1 aliphatic heterocycles. The second-order valence-electron chi connectivity index (χ2n) is 7.90. The van der Waals surface area contributed by atoms with Crippen molar-refractivity contribution in [2.75, 3.05) is 21.8 Å². The maximum atomic E-state index is 13.7. The van der Waals surface area contributed by atoms with Crippen LogP contribution in [0.4, 0.5) is 22.7 Å². The molecule has 4 aromatic rings. The fraction of sp³-hybridized carbons (Fsp3) is 0.0741. The van der Waals surface area contributed by atoms with Crippen molar-refractivity contribution in [3.8, 4) is 0 Å². The minimum atomic E-state index is -0.290. The molecule has 0 spiro atoms. The van der Waals surface area contributed by atoms with Gasteiger partial charge in [0.1, 0.15) is 5.03 Å². The molecule has 6 nitrogen and oxygen atoms in total.